The summed E-state index contributed by atoms with van der Waals surface area (Å²) in [5.41, 5.74) is 9.20. The molecule has 2 N–H and O–H groups in total. The van der Waals surface area contributed by atoms with Gasteiger partial charge in [-0.25, -0.2) is 9.66 Å². The van der Waals surface area contributed by atoms with Crippen LogP contribution >= 0.6 is 11.3 Å². The highest BCUT2D eigenvalue weighted by Gasteiger charge is 2.23. The predicted molar refractivity (Wildman–Crippen MR) is 100 cm³/mol. The molecule has 6 heteroatoms. The van der Waals surface area contributed by atoms with Gasteiger partial charge in [0.1, 0.15) is 11.2 Å². The fourth-order valence-corrected chi connectivity index (χ4v) is 4.73. The average Bonchev–Trinajstić information content (AvgIpc) is 2.84. The summed E-state index contributed by atoms with van der Waals surface area (Å²) in [5, 5.41) is 9.45. The third-order valence-electron chi connectivity index (χ3n) is 4.85. The van der Waals surface area contributed by atoms with Crippen molar-refractivity contribution >= 4 is 27.5 Å². The molecule has 0 spiro atoms. The molecular weight excluding hydrogens is 332 g/mol. The van der Waals surface area contributed by atoms with Crippen molar-refractivity contribution in [3.8, 4) is 11.1 Å². The monoisotopic (exact) mass is 352 g/mol. The Bertz CT molecular complexity index is 1080. The van der Waals surface area contributed by atoms with Crippen LogP contribution in [0.1, 0.15) is 34.9 Å². The van der Waals surface area contributed by atoms with Crippen LogP contribution in [0.2, 0.25) is 0 Å². The molecule has 0 fully saturated rings. The second-order valence-corrected chi connectivity index (χ2v) is 7.74. The van der Waals surface area contributed by atoms with Crippen LogP contribution in [0.5, 0.6) is 0 Å². The molecule has 0 saturated carbocycles. The van der Waals surface area contributed by atoms with Crippen molar-refractivity contribution in [3.05, 3.63) is 45.5 Å². The van der Waals surface area contributed by atoms with Crippen LogP contribution in [-0.4, -0.2) is 15.6 Å². The third-order valence-corrected chi connectivity index (χ3v) is 6.01. The topological polar surface area (TPSA) is 70.8 Å². The van der Waals surface area contributed by atoms with Crippen molar-refractivity contribution in [2.75, 3.05) is 5.43 Å². The first-order chi connectivity index (χ1) is 12.0. The number of thiophene rings is 1. The average molecular weight is 352 g/mol. The lowest BCUT2D eigenvalue weighted by Crippen LogP contribution is -2.31. The molecule has 0 saturated heterocycles. The summed E-state index contributed by atoms with van der Waals surface area (Å²) in [7, 11) is 0. The predicted octanol–water partition coefficient (Wildman–Crippen LogP) is 3.44. The van der Waals surface area contributed by atoms with Gasteiger partial charge in [-0.2, -0.15) is 0 Å². The maximum Gasteiger partial charge on any atom is 0.235 e. The Balaban J connectivity index is 2.07. The minimum Gasteiger partial charge on any atom is -0.282 e. The van der Waals surface area contributed by atoms with E-state index in [0.717, 1.165) is 35.0 Å². The van der Waals surface area contributed by atoms with E-state index in [1.807, 2.05) is 0 Å². The van der Waals surface area contributed by atoms with Crippen molar-refractivity contribution < 1.29 is 4.79 Å². The van der Waals surface area contributed by atoms with E-state index < -0.39 is 0 Å². The number of aromatic nitrogens is 2. The highest BCUT2D eigenvalue weighted by molar-refractivity contribution is 7.19. The maximum atomic E-state index is 11.4. The van der Waals surface area contributed by atoms with E-state index in [2.05, 4.69) is 36.4 Å². The summed E-state index contributed by atoms with van der Waals surface area (Å²) in [5.74, 6) is -0.215. The van der Waals surface area contributed by atoms with E-state index >= 15 is 0 Å². The van der Waals surface area contributed by atoms with Gasteiger partial charge in [-0.15, -0.1) is 11.3 Å². The maximum absolute atomic E-state index is 11.4. The van der Waals surface area contributed by atoms with E-state index in [1.54, 1.807) is 11.3 Å². The van der Waals surface area contributed by atoms with Gasteiger partial charge >= 0.3 is 0 Å². The van der Waals surface area contributed by atoms with Gasteiger partial charge in [0.05, 0.1) is 5.39 Å². The molecule has 1 aliphatic rings. The molecule has 0 bridgehead atoms. The van der Waals surface area contributed by atoms with Crippen LogP contribution in [0.4, 0.5) is 0 Å². The molecule has 1 aliphatic carbocycles. The summed E-state index contributed by atoms with van der Waals surface area (Å²) < 4.78 is 1.41. The van der Waals surface area contributed by atoms with Crippen molar-refractivity contribution in [3.63, 3.8) is 0 Å². The van der Waals surface area contributed by atoms with Crippen molar-refractivity contribution in [2.45, 2.75) is 40.0 Å². The van der Waals surface area contributed by atoms with Gasteiger partial charge in [0.15, 0.2) is 5.49 Å². The van der Waals surface area contributed by atoms with Gasteiger partial charge in [-0.1, -0.05) is 12.1 Å². The summed E-state index contributed by atoms with van der Waals surface area (Å²) in [6.45, 7) is 5.72. The van der Waals surface area contributed by atoms with Crippen LogP contribution in [0, 0.1) is 19.3 Å². The minimum absolute atomic E-state index is 0.215. The summed E-state index contributed by atoms with van der Waals surface area (Å²) in [4.78, 5) is 18.1. The van der Waals surface area contributed by atoms with Gasteiger partial charge in [-0.3, -0.25) is 15.6 Å². The van der Waals surface area contributed by atoms with Gasteiger partial charge in [0.25, 0.3) is 0 Å². The number of rotatable bonds is 1. The zero-order chi connectivity index (χ0) is 17.7. The smallest absolute Gasteiger partial charge is 0.235 e. The zero-order valence-corrected chi connectivity index (χ0v) is 15.4. The Morgan fingerprint density at radius 3 is 2.80 bits per heavy atom. The molecule has 0 unspecified atom stereocenters. The number of hydrogen-bond acceptors (Lipinski definition) is 4. The third kappa shape index (κ3) is 2.57. The number of hydrogen-bond donors (Lipinski definition) is 2. The number of fused-ring (bicyclic) bond motifs is 5. The molecule has 4 rings (SSSR count). The summed E-state index contributed by atoms with van der Waals surface area (Å²) in [6.07, 6.45) is 4.68. The van der Waals surface area contributed by atoms with Crippen LogP contribution in [0.3, 0.4) is 0 Å². The van der Waals surface area contributed by atoms with E-state index in [0.29, 0.717) is 0 Å². The van der Waals surface area contributed by atoms with Gasteiger partial charge in [0.2, 0.25) is 5.91 Å². The number of nitrogens with one attached hydrogen (secondary N) is 2. The van der Waals surface area contributed by atoms with E-state index in [1.165, 1.54) is 45.1 Å². The molecule has 25 heavy (non-hydrogen) atoms. The molecule has 2 heterocycles. The fraction of sp³-hybridized carbons (Fsp3) is 0.316. The van der Waals surface area contributed by atoms with Crippen LogP contribution in [0.15, 0.2) is 18.5 Å². The SMILES string of the molecule is CC(=O)Nn1cnc2sc3c(c2c1=N)-c1cc(C)c(C)cc1CCC3. The van der Waals surface area contributed by atoms with Gasteiger partial charge in [-0.05, 0) is 55.4 Å². The van der Waals surface area contributed by atoms with Crippen LogP contribution in [-0.2, 0) is 17.6 Å². The molecule has 3 aromatic rings. The summed E-state index contributed by atoms with van der Waals surface area (Å²) >= 11 is 1.67. The Kier molecular flexibility index (Phi) is 3.72. The van der Waals surface area contributed by atoms with E-state index in [4.69, 9.17) is 5.41 Å². The fourth-order valence-electron chi connectivity index (χ4n) is 3.53. The molecule has 2 aromatic heterocycles. The number of carbonyl (C=O) groups is 1. The molecular formula is C19H20N4OS. The van der Waals surface area contributed by atoms with Crippen LogP contribution < -0.4 is 10.9 Å². The van der Waals surface area contributed by atoms with Crippen molar-refractivity contribution in [2.24, 2.45) is 0 Å². The Morgan fingerprint density at radius 1 is 1.28 bits per heavy atom. The van der Waals surface area contributed by atoms with Gasteiger partial charge < -0.3 is 0 Å². The zero-order valence-electron chi connectivity index (χ0n) is 14.6. The van der Waals surface area contributed by atoms with Gasteiger partial charge in [0, 0.05) is 17.4 Å². The lowest BCUT2D eigenvalue weighted by Gasteiger charge is -2.12. The number of amides is 1. The quantitative estimate of drug-likeness (QED) is 0.704. The molecule has 0 radical (unpaired) electrons. The van der Waals surface area contributed by atoms with Crippen molar-refractivity contribution in [1.29, 1.82) is 5.41 Å². The molecule has 1 amide bonds. The largest absolute Gasteiger partial charge is 0.282 e. The minimum atomic E-state index is -0.215. The number of aryl methyl sites for hydroxylation is 4. The normalized spacial score (nSPS) is 13.2. The number of nitrogens with zero attached hydrogens (tertiary/aromatic N) is 2. The van der Waals surface area contributed by atoms with E-state index in [-0.39, 0.29) is 11.4 Å². The lowest BCUT2D eigenvalue weighted by molar-refractivity contribution is -0.115. The second kappa shape index (κ2) is 5.81. The summed E-state index contributed by atoms with van der Waals surface area (Å²) in [6, 6.07) is 4.53. The lowest BCUT2D eigenvalue weighted by atomic mass is 9.93. The standard InChI is InChI=1S/C19H20N4OS/c1-10-7-13-5-4-6-15-16(14(13)8-11(10)2)17-18(20)23(22-12(3)24)9-21-19(17)25-15/h7-9,20H,4-6H2,1-3H3,(H,22,24). The molecule has 0 aliphatic heterocycles. The molecule has 0 atom stereocenters. The molecule has 5 nitrogen and oxygen atoms in total. The first-order valence-electron chi connectivity index (χ1n) is 8.41. The van der Waals surface area contributed by atoms with Crippen molar-refractivity contribution in [1.82, 2.24) is 9.66 Å². The Labute approximate surface area is 149 Å². The molecule has 128 valence electrons. The van der Waals surface area contributed by atoms with Crippen LogP contribution in [0.25, 0.3) is 21.3 Å². The first-order valence-corrected chi connectivity index (χ1v) is 9.23. The number of carbonyl (C=O) groups excluding carboxylic acids is 1. The van der Waals surface area contributed by atoms with E-state index in [9.17, 15) is 4.79 Å². The first kappa shape index (κ1) is 16.0. The molecule has 1 aromatic carbocycles. The highest BCUT2D eigenvalue weighted by atomic mass is 32.1. The second-order valence-electron chi connectivity index (χ2n) is 6.66. The Hall–Kier alpha value is -2.47. The number of benzene rings is 1. The Morgan fingerprint density at radius 2 is 2.04 bits per heavy atom. The highest BCUT2D eigenvalue weighted by Crippen LogP contribution is 2.41.